The molecule has 1 aromatic heterocycles. The van der Waals surface area contributed by atoms with Gasteiger partial charge in [0.2, 0.25) is 5.91 Å². The number of morpholine rings is 1. The minimum absolute atomic E-state index is 0.175. The zero-order valence-corrected chi connectivity index (χ0v) is 19.5. The Morgan fingerprint density at radius 3 is 2.56 bits per heavy atom. The molecule has 1 amide bonds. The summed E-state index contributed by atoms with van der Waals surface area (Å²) in [5.41, 5.74) is 4.02. The molecule has 176 valence electrons. The maximum atomic E-state index is 13.2. The highest BCUT2D eigenvalue weighted by molar-refractivity contribution is 5.98. The second kappa shape index (κ2) is 8.80. The Morgan fingerprint density at radius 1 is 1.03 bits per heavy atom. The van der Waals surface area contributed by atoms with Crippen LogP contribution < -0.4 is 14.5 Å². The minimum Gasteiger partial charge on any atom is -0.455 e. The number of hydrogen-bond acceptors (Lipinski definition) is 5. The van der Waals surface area contributed by atoms with Gasteiger partial charge < -0.3 is 19.3 Å². The lowest BCUT2D eigenvalue weighted by Gasteiger charge is -2.36. The molecule has 0 bridgehead atoms. The first-order valence-electron chi connectivity index (χ1n) is 12.3. The first kappa shape index (κ1) is 21.2. The van der Waals surface area contributed by atoms with Gasteiger partial charge in [0.1, 0.15) is 11.4 Å². The molecule has 6 rings (SSSR count). The van der Waals surface area contributed by atoms with Crippen LogP contribution in [0.4, 0.5) is 11.4 Å². The lowest BCUT2D eigenvalue weighted by Crippen LogP contribution is -2.43. The maximum absolute atomic E-state index is 13.2. The van der Waals surface area contributed by atoms with Crippen LogP contribution in [0.15, 0.2) is 54.9 Å². The summed E-state index contributed by atoms with van der Waals surface area (Å²) < 4.78 is 13.9. The number of ether oxygens (including phenoxy) is 2. The van der Waals surface area contributed by atoms with E-state index in [4.69, 9.17) is 14.6 Å². The molecule has 2 aromatic carbocycles. The highest BCUT2D eigenvalue weighted by Crippen LogP contribution is 2.44. The number of amides is 1. The zero-order valence-electron chi connectivity index (χ0n) is 19.5. The van der Waals surface area contributed by atoms with E-state index in [2.05, 4.69) is 24.1 Å². The fourth-order valence-electron chi connectivity index (χ4n) is 4.99. The number of anilines is 2. The Bertz CT molecular complexity index is 1180. The molecule has 1 saturated heterocycles. The van der Waals surface area contributed by atoms with Gasteiger partial charge >= 0.3 is 0 Å². The molecular formula is C27H30N4O3. The summed E-state index contributed by atoms with van der Waals surface area (Å²) in [6, 6.07) is 14.2. The number of para-hydroxylation sites is 1. The maximum Gasteiger partial charge on any atom is 0.230 e. The van der Waals surface area contributed by atoms with Gasteiger partial charge in [-0.25, -0.2) is 4.68 Å². The van der Waals surface area contributed by atoms with Crippen molar-refractivity contribution in [2.75, 3.05) is 36.1 Å². The minimum atomic E-state index is 0.175. The van der Waals surface area contributed by atoms with Crippen molar-refractivity contribution in [3.8, 4) is 17.2 Å². The second-order valence-corrected chi connectivity index (χ2v) is 9.44. The molecule has 0 N–H and O–H groups in total. The van der Waals surface area contributed by atoms with Gasteiger partial charge in [0.25, 0.3) is 0 Å². The van der Waals surface area contributed by atoms with Gasteiger partial charge in [-0.15, -0.1) is 0 Å². The molecule has 34 heavy (non-hydrogen) atoms. The Kier molecular flexibility index (Phi) is 5.49. The summed E-state index contributed by atoms with van der Waals surface area (Å²) in [4.78, 5) is 17.5. The molecule has 7 heteroatoms. The van der Waals surface area contributed by atoms with E-state index in [-0.39, 0.29) is 17.9 Å². The van der Waals surface area contributed by atoms with Gasteiger partial charge in [-0.3, -0.25) is 4.79 Å². The molecular weight excluding hydrogens is 428 g/mol. The number of carbonyl (C=O) groups is 1. The monoisotopic (exact) mass is 458 g/mol. The van der Waals surface area contributed by atoms with Crippen molar-refractivity contribution in [3.63, 3.8) is 0 Å². The highest BCUT2D eigenvalue weighted by atomic mass is 16.5. The Hall–Kier alpha value is -3.32. The number of rotatable bonds is 5. The van der Waals surface area contributed by atoms with Crippen LogP contribution in [0.5, 0.6) is 11.5 Å². The predicted octanol–water partition coefficient (Wildman–Crippen LogP) is 4.58. The summed E-state index contributed by atoms with van der Waals surface area (Å²) in [7, 11) is 0. The van der Waals surface area contributed by atoms with Gasteiger partial charge in [-0.2, -0.15) is 5.10 Å². The number of nitrogens with zero attached hydrogens (tertiary/aromatic N) is 4. The Morgan fingerprint density at radius 2 is 1.79 bits per heavy atom. The highest BCUT2D eigenvalue weighted by Gasteiger charge is 2.39. The molecule has 1 aliphatic carbocycles. The van der Waals surface area contributed by atoms with Gasteiger partial charge in [-0.05, 0) is 56.9 Å². The fraction of sp³-hybridized carbons (Fsp3) is 0.407. The van der Waals surface area contributed by atoms with Crippen LogP contribution in [0.3, 0.4) is 0 Å². The van der Waals surface area contributed by atoms with Gasteiger partial charge in [0.15, 0.2) is 5.75 Å². The normalized spacial score (nSPS) is 20.2. The van der Waals surface area contributed by atoms with Crippen molar-refractivity contribution >= 4 is 17.3 Å². The van der Waals surface area contributed by atoms with Crippen molar-refractivity contribution < 1.29 is 14.3 Å². The SMILES string of the molecule is C[C@H]1CCc2c(ccc(-n3cc(N4CCOCC4)cn3)c2Oc2ccccc2)N1C(=O)C1CC1. The molecule has 0 spiro atoms. The summed E-state index contributed by atoms with van der Waals surface area (Å²) in [5.74, 6) is 1.98. The van der Waals surface area contributed by atoms with Crippen LogP contribution in [-0.2, 0) is 16.0 Å². The fourth-order valence-corrected chi connectivity index (χ4v) is 4.99. The lowest BCUT2D eigenvalue weighted by molar-refractivity contribution is -0.120. The van der Waals surface area contributed by atoms with Crippen LogP contribution in [0.25, 0.3) is 5.69 Å². The van der Waals surface area contributed by atoms with Gasteiger partial charge in [0, 0.05) is 30.6 Å². The number of aromatic nitrogens is 2. The molecule has 0 radical (unpaired) electrons. The molecule has 3 heterocycles. The van der Waals surface area contributed by atoms with Crippen LogP contribution in [0.2, 0.25) is 0 Å². The molecule has 2 aliphatic heterocycles. The number of benzene rings is 2. The average molecular weight is 459 g/mol. The average Bonchev–Trinajstić information content (AvgIpc) is 3.61. The van der Waals surface area contributed by atoms with E-state index < -0.39 is 0 Å². The number of hydrogen-bond donors (Lipinski definition) is 0. The van der Waals surface area contributed by atoms with E-state index in [1.165, 1.54) is 0 Å². The zero-order chi connectivity index (χ0) is 23.1. The molecule has 3 aromatic rings. The third-order valence-electron chi connectivity index (χ3n) is 7.05. The van der Waals surface area contributed by atoms with Crippen LogP contribution in [0.1, 0.15) is 31.7 Å². The smallest absolute Gasteiger partial charge is 0.230 e. The first-order chi connectivity index (χ1) is 16.7. The Balaban J connectivity index is 1.43. The molecule has 0 unspecified atom stereocenters. The second-order valence-electron chi connectivity index (χ2n) is 9.44. The van der Waals surface area contributed by atoms with Crippen molar-refractivity contribution in [3.05, 3.63) is 60.4 Å². The third kappa shape index (κ3) is 3.94. The summed E-state index contributed by atoms with van der Waals surface area (Å²) in [6.45, 7) is 5.33. The predicted molar refractivity (Wildman–Crippen MR) is 131 cm³/mol. The first-order valence-corrected chi connectivity index (χ1v) is 12.3. The van der Waals surface area contributed by atoms with E-state index >= 15 is 0 Å². The van der Waals surface area contributed by atoms with E-state index in [1.54, 1.807) is 0 Å². The van der Waals surface area contributed by atoms with Crippen molar-refractivity contribution in [2.45, 2.75) is 38.6 Å². The molecule has 7 nitrogen and oxygen atoms in total. The topological polar surface area (TPSA) is 59.8 Å². The molecule has 2 fully saturated rings. The largest absolute Gasteiger partial charge is 0.455 e. The Labute approximate surface area is 199 Å². The van der Waals surface area contributed by atoms with E-state index in [9.17, 15) is 4.79 Å². The standard InChI is InChI=1S/C27H30N4O3/c1-19-7-10-23-24(31(19)27(32)20-8-9-20)11-12-25(26(23)34-22-5-3-2-4-6-22)30-18-21(17-28-30)29-13-15-33-16-14-29/h2-6,11-12,17-20H,7-10,13-16H2,1H3/t19-/m0/s1. The molecule has 3 aliphatic rings. The van der Waals surface area contributed by atoms with Crippen molar-refractivity contribution in [1.29, 1.82) is 0 Å². The molecule has 1 atom stereocenters. The lowest BCUT2D eigenvalue weighted by atomic mass is 9.94. The summed E-state index contributed by atoms with van der Waals surface area (Å²) in [5, 5.41) is 4.69. The quantitative estimate of drug-likeness (QED) is 0.560. The summed E-state index contributed by atoms with van der Waals surface area (Å²) in [6.07, 6.45) is 7.74. The van der Waals surface area contributed by atoms with Crippen LogP contribution in [-0.4, -0.2) is 48.0 Å². The van der Waals surface area contributed by atoms with Gasteiger partial charge in [0.05, 0.1) is 37.0 Å². The van der Waals surface area contributed by atoms with E-state index in [1.807, 2.05) is 52.2 Å². The van der Waals surface area contributed by atoms with Gasteiger partial charge in [-0.1, -0.05) is 18.2 Å². The van der Waals surface area contributed by atoms with E-state index in [0.29, 0.717) is 0 Å². The van der Waals surface area contributed by atoms with Crippen LogP contribution in [0, 0.1) is 5.92 Å². The van der Waals surface area contributed by atoms with Crippen molar-refractivity contribution in [2.24, 2.45) is 5.92 Å². The van der Waals surface area contributed by atoms with E-state index in [0.717, 1.165) is 86.1 Å². The number of carbonyl (C=O) groups excluding carboxylic acids is 1. The van der Waals surface area contributed by atoms with Crippen LogP contribution >= 0.6 is 0 Å². The summed E-state index contributed by atoms with van der Waals surface area (Å²) >= 11 is 0. The third-order valence-corrected chi connectivity index (χ3v) is 7.05. The van der Waals surface area contributed by atoms with Crippen molar-refractivity contribution in [1.82, 2.24) is 9.78 Å². The molecule has 1 saturated carbocycles. The number of fused-ring (bicyclic) bond motifs is 1.